The van der Waals surface area contributed by atoms with E-state index in [9.17, 15) is 0 Å². The molecule has 2 aliphatic rings. The van der Waals surface area contributed by atoms with E-state index >= 15 is 0 Å². The lowest BCUT2D eigenvalue weighted by atomic mass is 9.96. The van der Waals surface area contributed by atoms with E-state index < -0.39 is 0 Å². The van der Waals surface area contributed by atoms with E-state index in [-0.39, 0.29) is 12.3 Å². The monoisotopic (exact) mass is 478 g/mol. The molecule has 0 aliphatic carbocycles. The first-order valence-electron chi connectivity index (χ1n) is 10.4. The Kier molecular flexibility index (Phi) is 5.32. The van der Waals surface area contributed by atoms with Crippen LogP contribution in [0.3, 0.4) is 0 Å². The molecule has 5 nitrogen and oxygen atoms in total. The number of methoxy groups -OCH3 is 1. The van der Waals surface area contributed by atoms with Crippen molar-refractivity contribution in [3.63, 3.8) is 0 Å². The molecule has 6 heteroatoms. The number of hydrogen-bond donors (Lipinski definition) is 0. The molecule has 2 aliphatic heterocycles. The third-order valence-electron chi connectivity index (χ3n) is 5.66. The minimum atomic E-state index is -0.317. The van der Waals surface area contributed by atoms with Gasteiger partial charge in [-0.25, -0.2) is 5.01 Å². The van der Waals surface area contributed by atoms with E-state index in [0.717, 1.165) is 50.5 Å². The van der Waals surface area contributed by atoms with Crippen LogP contribution < -0.4 is 14.2 Å². The zero-order valence-corrected chi connectivity index (χ0v) is 19.0. The van der Waals surface area contributed by atoms with Gasteiger partial charge in [0.15, 0.2) is 0 Å². The van der Waals surface area contributed by atoms with Gasteiger partial charge in [-0.1, -0.05) is 18.2 Å². The van der Waals surface area contributed by atoms with Gasteiger partial charge in [0.2, 0.25) is 6.23 Å². The minimum absolute atomic E-state index is 0.123. The summed E-state index contributed by atoms with van der Waals surface area (Å²) in [7, 11) is 1.66. The summed E-state index contributed by atoms with van der Waals surface area (Å²) in [5, 5.41) is 7.11. The Morgan fingerprint density at radius 2 is 1.90 bits per heavy atom. The average Bonchev–Trinajstić information content (AvgIpc) is 3.25. The molecule has 2 heterocycles. The zero-order chi connectivity index (χ0) is 21.4. The van der Waals surface area contributed by atoms with Crippen LogP contribution in [0.2, 0.25) is 0 Å². The Balaban J connectivity index is 1.53. The highest BCUT2D eigenvalue weighted by Crippen LogP contribution is 2.48. The fourth-order valence-corrected chi connectivity index (χ4v) is 4.73. The van der Waals surface area contributed by atoms with Crippen molar-refractivity contribution in [1.82, 2.24) is 5.01 Å². The molecular formula is C25H23BrN2O3. The molecule has 0 N–H and O–H groups in total. The van der Waals surface area contributed by atoms with Crippen LogP contribution in [0.4, 0.5) is 0 Å². The van der Waals surface area contributed by atoms with Crippen molar-refractivity contribution in [2.24, 2.45) is 5.10 Å². The summed E-state index contributed by atoms with van der Waals surface area (Å²) in [5.74, 6) is 2.57. The predicted molar refractivity (Wildman–Crippen MR) is 124 cm³/mol. The highest BCUT2D eigenvalue weighted by molar-refractivity contribution is 9.10. The maximum Gasteiger partial charge on any atom is 0.213 e. The molecule has 0 amide bonds. The molecule has 5 rings (SSSR count). The Labute approximate surface area is 190 Å². The number of rotatable bonds is 5. The van der Waals surface area contributed by atoms with Gasteiger partial charge in [-0.15, -0.1) is 0 Å². The molecule has 0 fully saturated rings. The van der Waals surface area contributed by atoms with Crippen molar-refractivity contribution in [3.05, 3.63) is 87.9 Å². The molecule has 3 aromatic carbocycles. The molecule has 2 atom stereocenters. The van der Waals surface area contributed by atoms with Crippen molar-refractivity contribution in [2.45, 2.75) is 25.6 Å². The van der Waals surface area contributed by atoms with Crippen LogP contribution in [0, 0.1) is 0 Å². The Morgan fingerprint density at radius 3 is 2.65 bits per heavy atom. The van der Waals surface area contributed by atoms with Gasteiger partial charge < -0.3 is 14.2 Å². The van der Waals surface area contributed by atoms with Gasteiger partial charge in [0, 0.05) is 17.5 Å². The lowest BCUT2D eigenvalue weighted by molar-refractivity contribution is -0.0190. The summed E-state index contributed by atoms with van der Waals surface area (Å²) in [4.78, 5) is 0. The second kappa shape index (κ2) is 8.27. The molecule has 2 unspecified atom stereocenters. The van der Waals surface area contributed by atoms with Crippen molar-refractivity contribution in [2.75, 3.05) is 13.7 Å². The van der Waals surface area contributed by atoms with E-state index in [1.807, 2.05) is 49.4 Å². The maximum atomic E-state index is 6.43. The fraction of sp³-hybridized carbons (Fsp3) is 0.240. The van der Waals surface area contributed by atoms with Gasteiger partial charge in [-0.3, -0.25) is 0 Å². The number of hydrazone groups is 1. The summed E-state index contributed by atoms with van der Waals surface area (Å²) in [6.07, 6.45) is 0.504. The largest absolute Gasteiger partial charge is 0.496 e. The summed E-state index contributed by atoms with van der Waals surface area (Å²) in [6.45, 7) is 2.64. The minimum Gasteiger partial charge on any atom is -0.496 e. The number of halogens is 1. The number of nitrogens with zero attached hydrogens (tertiary/aromatic N) is 2. The standard InChI is InChI=1S/C25H23BrN2O3/c1-3-30-18-11-8-16(9-12-18)21-15-22-19-6-4-5-7-23(19)31-25(28(22)27-21)17-10-13-24(29-2)20(26)14-17/h4-14,22,25H,3,15H2,1-2H3. The topological polar surface area (TPSA) is 43.3 Å². The first-order chi connectivity index (χ1) is 15.2. The molecular weight excluding hydrogens is 456 g/mol. The average molecular weight is 479 g/mol. The zero-order valence-electron chi connectivity index (χ0n) is 17.4. The third-order valence-corrected chi connectivity index (χ3v) is 6.28. The van der Waals surface area contributed by atoms with E-state index in [4.69, 9.17) is 19.3 Å². The molecule has 0 saturated carbocycles. The van der Waals surface area contributed by atoms with Gasteiger partial charge in [-0.05, 0) is 76.9 Å². The Bertz CT molecular complexity index is 1130. The second-order valence-corrected chi connectivity index (χ2v) is 8.36. The number of fused-ring (bicyclic) bond motifs is 3. The first kappa shape index (κ1) is 19.9. The molecule has 3 aromatic rings. The van der Waals surface area contributed by atoms with Crippen molar-refractivity contribution < 1.29 is 14.2 Å². The molecule has 0 spiro atoms. The third kappa shape index (κ3) is 3.65. The number of benzene rings is 3. The van der Waals surface area contributed by atoms with Gasteiger partial charge in [0.25, 0.3) is 0 Å². The molecule has 31 heavy (non-hydrogen) atoms. The second-order valence-electron chi connectivity index (χ2n) is 7.51. The van der Waals surface area contributed by atoms with E-state index in [1.165, 1.54) is 0 Å². The predicted octanol–water partition coefficient (Wildman–Crippen LogP) is 6.10. The highest BCUT2D eigenvalue weighted by atomic mass is 79.9. The van der Waals surface area contributed by atoms with Crippen molar-refractivity contribution >= 4 is 21.6 Å². The van der Waals surface area contributed by atoms with Gasteiger partial charge >= 0.3 is 0 Å². The van der Waals surface area contributed by atoms with E-state index in [0.29, 0.717) is 6.61 Å². The van der Waals surface area contributed by atoms with Gasteiger partial charge in [0.05, 0.1) is 29.9 Å². The highest BCUT2D eigenvalue weighted by Gasteiger charge is 2.41. The van der Waals surface area contributed by atoms with Crippen LogP contribution in [-0.2, 0) is 0 Å². The molecule has 0 radical (unpaired) electrons. The lowest BCUT2D eigenvalue weighted by Gasteiger charge is -2.38. The van der Waals surface area contributed by atoms with Crippen LogP contribution in [-0.4, -0.2) is 24.4 Å². The van der Waals surface area contributed by atoms with Crippen molar-refractivity contribution in [3.8, 4) is 17.2 Å². The molecule has 0 aromatic heterocycles. The molecule has 0 bridgehead atoms. The van der Waals surface area contributed by atoms with E-state index in [2.05, 4.69) is 45.2 Å². The quantitative estimate of drug-likeness (QED) is 0.444. The van der Waals surface area contributed by atoms with Crippen LogP contribution in [0.25, 0.3) is 0 Å². The van der Waals surface area contributed by atoms with Crippen LogP contribution in [0.15, 0.2) is 76.3 Å². The van der Waals surface area contributed by atoms with Crippen LogP contribution in [0.5, 0.6) is 17.2 Å². The lowest BCUT2D eigenvalue weighted by Crippen LogP contribution is -2.33. The number of para-hydroxylation sites is 1. The number of hydrogen-bond acceptors (Lipinski definition) is 5. The molecule has 0 saturated heterocycles. The number of ether oxygens (including phenoxy) is 3. The Morgan fingerprint density at radius 1 is 1.10 bits per heavy atom. The van der Waals surface area contributed by atoms with E-state index in [1.54, 1.807) is 7.11 Å². The van der Waals surface area contributed by atoms with Gasteiger partial charge in [0.1, 0.15) is 17.2 Å². The van der Waals surface area contributed by atoms with Crippen LogP contribution >= 0.6 is 15.9 Å². The summed E-state index contributed by atoms with van der Waals surface area (Å²) in [5.41, 5.74) is 4.33. The smallest absolute Gasteiger partial charge is 0.213 e. The summed E-state index contributed by atoms with van der Waals surface area (Å²) in [6, 6.07) is 22.5. The maximum absolute atomic E-state index is 6.43. The van der Waals surface area contributed by atoms with Gasteiger partial charge in [-0.2, -0.15) is 5.10 Å². The summed E-state index contributed by atoms with van der Waals surface area (Å²) < 4.78 is 18.3. The van der Waals surface area contributed by atoms with Crippen molar-refractivity contribution in [1.29, 1.82) is 0 Å². The fourth-order valence-electron chi connectivity index (χ4n) is 4.18. The molecule has 158 valence electrons. The van der Waals surface area contributed by atoms with Crippen LogP contribution in [0.1, 0.15) is 42.3 Å². The Hall–Kier alpha value is -2.99. The normalized spacial score (nSPS) is 19.2. The summed E-state index contributed by atoms with van der Waals surface area (Å²) >= 11 is 3.60. The first-order valence-corrected chi connectivity index (χ1v) is 11.1. The SMILES string of the molecule is CCOc1ccc(C2=NN3C(C2)c2ccccc2OC3c2ccc(OC)c(Br)c2)cc1.